The molecule has 6 nitrogen and oxygen atoms in total. The molecular formula is C17H17NO5S. The molecule has 1 N–H and O–H groups in total. The van der Waals surface area contributed by atoms with E-state index in [1.54, 1.807) is 12.1 Å². The Labute approximate surface area is 140 Å². The van der Waals surface area contributed by atoms with Crippen LogP contribution < -0.4 is 9.04 Å². The summed E-state index contributed by atoms with van der Waals surface area (Å²) in [6.07, 6.45) is 0. The molecule has 0 unspecified atom stereocenters. The van der Waals surface area contributed by atoms with Gasteiger partial charge in [-0.05, 0) is 29.8 Å². The van der Waals surface area contributed by atoms with E-state index >= 15 is 0 Å². The number of aromatic carboxylic acids is 1. The van der Waals surface area contributed by atoms with Gasteiger partial charge in [0.05, 0.1) is 18.4 Å². The van der Waals surface area contributed by atoms with Gasteiger partial charge in [-0.1, -0.05) is 25.1 Å². The maximum atomic E-state index is 13.2. The first kappa shape index (κ1) is 16.3. The molecule has 0 saturated carbocycles. The molecule has 0 radical (unpaired) electrons. The Bertz CT molecular complexity index is 907. The first-order chi connectivity index (χ1) is 11.4. The van der Waals surface area contributed by atoms with Crippen molar-refractivity contribution < 1.29 is 23.1 Å². The lowest BCUT2D eigenvalue weighted by atomic mass is 10.0. The Kier molecular flexibility index (Phi) is 3.96. The maximum Gasteiger partial charge on any atom is 0.335 e. The van der Waals surface area contributed by atoms with Crippen LogP contribution >= 0.6 is 0 Å². The van der Waals surface area contributed by atoms with Crippen molar-refractivity contribution in [1.82, 2.24) is 0 Å². The second kappa shape index (κ2) is 5.83. The third-order valence-corrected chi connectivity index (χ3v) is 5.96. The van der Waals surface area contributed by atoms with Crippen molar-refractivity contribution in [2.75, 3.05) is 18.0 Å². The molecule has 0 amide bonds. The molecule has 0 bridgehead atoms. The predicted molar refractivity (Wildman–Crippen MR) is 89.3 cm³/mol. The lowest BCUT2D eigenvalue weighted by Crippen LogP contribution is -2.30. The minimum Gasteiger partial charge on any atom is -0.495 e. The van der Waals surface area contributed by atoms with Gasteiger partial charge >= 0.3 is 5.97 Å². The van der Waals surface area contributed by atoms with Crippen LogP contribution in [0.4, 0.5) is 5.69 Å². The molecule has 1 atom stereocenters. The summed E-state index contributed by atoms with van der Waals surface area (Å²) in [7, 11) is -2.58. The molecule has 1 heterocycles. The standard InChI is InChI=1S/C17H17NO5S/c1-11-10-18(14-6-4-3-5-13(11)14)24(21,22)16-9-12(17(19)20)7-8-15(16)23-2/h3-9,11H,10H2,1-2H3,(H,19,20)/t11-/m0/s1. The van der Waals surface area contributed by atoms with Crippen LogP contribution in [0.15, 0.2) is 47.4 Å². The van der Waals surface area contributed by atoms with Crippen molar-refractivity contribution in [2.45, 2.75) is 17.7 Å². The summed E-state index contributed by atoms with van der Waals surface area (Å²) in [6, 6.07) is 11.1. The Balaban J connectivity index is 2.16. The summed E-state index contributed by atoms with van der Waals surface area (Å²) in [5.41, 5.74) is 1.47. The van der Waals surface area contributed by atoms with E-state index in [2.05, 4.69) is 0 Å². The molecule has 0 aromatic heterocycles. The molecule has 24 heavy (non-hydrogen) atoms. The summed E-state index contributed by atoms with van der Waals surface area (Å²) < 4.78 is 32.8. The number of sulfonamides is 1. The molecule has 2 aromatic carbocycles. The van der Waals surface area contributed by atoms with Crippen LogP contribution in [-0.4, -0.2) is 33.1 Å². The summed E-state index contributed by atoms with van der Waals surface area (Å²) in [4.78, 5) is 11.1. The highest BCUT2D eigenvalue weighted by molar-refractivity contribution is 7.93. The lowest BCUT2D eigenvalue weighted by molar-refractivity contribution is 0.0696. The minimum absolute atomic E-state index is 0.0598. The van der Waals surface area contributed by atoms with Crippen molar-refractivity contribution in [2.24, 2.45) is 0 Å². The number of anilines is 1. The van der Waals surface area contributed by atoms with Gasteiger partial charge in [0.15, 0.2) is 0 Å². The molecule has 1 aliphatic rings. The number of ether oxygens (including phenoxy) is 1. The van der Waals surface area contributed by atoms with E-state index in [-0.39, 0.29) is 22.1 Å². The summed E-state index contributed by atoms with van der Waals surface area (Å²) in [5, 5.41) is 9.15. The van der Waals surface area contributed by atoms with Gasteiger partial charge in [-0.25, -0.2) is 13.2 Å². The van der Waals surface area contributed by atoms with Gasteiger partial charge < -0.3 is 9.84 Å². The molecule has 1 aliphatic heterocycles. The zero-order valence-electron chi connectivity index (χ0n) is 13.3. The second-order valence-corrected chi connectivity index (χ2v) is 7.50. The van der Waals surface area contributed by atoms with Crippen molar-refractivity contribution in [3.05, 3.63) is 53.6 Å². The zero-order valence-corrected chi connectivity index (χ0v) is 14.1. The van der Waals surface area contributed by atoms with Gasteiger partial charge in [-0.2, -0.15) is 0 Å². The Morgan fingerprint density at radius 3 is 2.62 bits per heavy atom. The number of nitrogens with zero attached hydrogens (tertiary/aromatic N) is 1. The monoisotopic (exact) mass is 347 g/mol. The summed E-state index contributed by atoms with van der Waals surface area (Å²) in [6.45, 7) is 2.27. The van der Waals surface area contributed by atoms with E-state index in [4.69, 9.17) is 9.84 Å². The van der Waals surface area contributed by atoms with Crippen LogP contribution in [0.3, 0.4) is 0 Å². The normalized spacial score (nSPS) is 16.8. The van der Waals surface area contributed by atoms with Crippen LogP contribution in [0, 0.1) is 0 Å². The zero-order chi connectivity index (χ0) is 17.5. The van der Waals surface area contributed by atoms with Gasteiger partial charge in [0.2, 0.25) is 0 Å². The molecule has 3 rings (SSSR count). The highest BCUT2D eigenvalue weighted by atomic mass is 32.2. The van der Waals surface area contributed by atoms with Crippen LogP contribution in [0.1, 0.15) is 28.8 Å². The fraction of sp³-hybridized carbons (Fsp3) is 0.235. The molecule has 2 aromatic rings. The number of carbonyl (C=O) groups is 1. The van der Waals surface area contributed by atoms with Gasteiger partial charge in [0, 0.05) is 12.5 Å². The second-order valence-electron chi connectivity index (χ2n) is 5.67. The lowest BCUT2D eigenvalue weighted by Gasteiger charge is -2.21. The van der Waals surface area contributed by atoms with E-state index in [0.717, 1.165) is 11.6 Å². The molecular weight excluding hydrogens is 330 g/mol. The van der Waals surface area contributed by atoms with Crippen molar-refractivity contribution in [3.63, 3.8) is 0 Å². The predicted octanol–water partition coefficient (Wildman–Crippen LogP) is 2.71. The van der Waals surface area contributed by atoms with Crippen LogP contribution in [-0.2, 0) is 10.0 Å². The van der Waals surface area contributed by atoms with Gasteiger partial charge in [-0.3, -0.25) is 4.31 Å². The van der Waals surface area contributed by atoms with Crippen LogP contribution in [0.2, 0.25) is 0 Å². The number of fused-ring (bicyclic) bond motifs is 1. The van der Waals surface area contributed by atoms with Gasteiger partial charge in [0.1, 0.15) is 10.6 Å². The van der Waals surface area contributed by atoms with E-state index in [1.165, 1.54) is 23.5 Å². The Morgan fingerprint density at radius 1 is 1.25 bits per heavy atom. The van der Waals surface area contributed by atoms with Crippen LogP contribution in [0.25, 0.3) is 0 Å². The number of carboxylic acid groups (broad SMARTS) is 1. The molecule has 126 valence electrons. The van der Waals surface area contributed by atoms with E-state index < -0.39 is 16.0 Å². The highest BCUT2D eigenvalue weighted by Gasteiger charge is 2.36. The minimum atomic E-state index is -3.94. The topological polar surface area (TPSA) is 83.9 Å². The number of carboxylic acids is 1. The average molecular weight is 347 g/mol. The SMILES string of the molecule is COc1ccc(C(=O)O)cc1S(=O)(=O)N1C[C@H](C)c2ccccc21. The molecule has 0 spiro atoms. The van der Waals surface area contributed by atoms with E-state index in [0.29, 0.717) is 12.2 Å². The largest absolute Gasteiger partial charge is 0.495 e. The Hall–Kier alpha value is -2.54. The quantitative estimate of drug-likeness (QED) is 0.919. The summed E-state index contributed by atoms with van der Waals surface area (Å²) >= 11 is 0. The third-order valence-electron chi connectivity index (χ3n) is 4.15. The Morgan fingerprint density at radius 2 is 1.96 bits per heavy atom. The fourth-order valence-corrected chi connectivity index (χ4v) is 4.70. The number of benzene rings is 2. The molecule has 0 saturated heterocycles. The van der Waals surface area contributed by atoms with Crippen LogP contribution in [0.5, 0.6) is 5.75 Å². The maximum absolute atomic E-state index is 13.2. The number of para-hydroxylation sites is 1. The first-order valence-corrected chi connectivity index (χ1v) is 8.83. The number of rotatable bonds is 4. The van der Waals surface area contributed by atoms with E-state index in [1.807, 2.05) is 19.1 Å². The fourth-order valence-electron chi connectivity index (χ4n) is 2.93. The molecule has 7 heteroatoms. The van der Waals surface area contributed by atoms with Gasteiger partial charge in [0.25, 0.3) is 10.0 Å². The smallest absolute Gasteiger partial charge is 0.335 e. The van der Waals surface area contributed by atoms with Crippen molar-refractivity contribution in [3.8, 4) is 5.75 Å². The summed E-state index contributed by atoms with van der Waals surface area (Å²) in [5.74, 6) is -1.01. The number of hydrogen-bond donors (Lipinski definition) is 1. The number of methoxy groups -OCH3 is 1. The highest BCUT2D eigenvalue weighted by Crippen LogP contribution is 2.40. The van der Waals surface area contributed by atoms with Crippen molar-refractivity contribution in [1.29, 1.82) is 0 Å². The van der Waals surface area contributed by atoms with Crippen molar-refractivity contribution >= 4 is 21.7 Å². The first-order valence-electron chi connectivity index (χ1n) is 7.39. The third kappa shape index (κ3) is 2.50. The molecule has 0 fully saturated rings. The average Bonchev–Trinajstić information content (AvgIpc) is 2.92. The molecule has 0 aliphatic carbocycles. The number of hydrogen-bond acceptors (Lipinski definition) is 4. The van der Waals surface area contributed by atoms with E-state index in [9.17, 15) is 13.2 Å². The van der Waals surface area contributed by atoms with Gasteiger partial charge in [-0.15, -0.1) is 0 Å².